The monoisotopic (exact) mass is 835 g/mol. The maximum absolute atomic E-state index is 6.56. The fraction of sp³-hybridized carbons (Fsp3) is 0.167. The Labute approximate surface area is 302 Å². The van der Waals surface area contributed by atoms with Gasteiger partial charge in [0.1, 0.15) is 5.58 Å². The van der Waals surface area contributed by atoms with Crippen LogP contribution in [0.2, 0.25) is 19.6 Å². The minimum absolute atomic E-state index is 0. The van der Waals surface area contributed by atoms with Crippen molar-refractivity contribution in [2.75, 3.05) is 0 Å². The zero-order chi connectivity index (χ0) is 33.5. The molecule has 4 heterocycles. The maximum atomic E-state index is 6.56. The van der Waals surface area contributed by atoms with Crippen LogP contribution in [0.5, 0.6) is 0 Å². The number of benzene rings is 4. The van der Waals surface area contributed by atoms with Gasteiger partial charge in [0.15, 0.2) is 5.65 Å². The van der Waals surface area contributed by atoms with E-state index in [4.69, 9.17) is 14.4 Å². The molecule has 0 N–H and O–H groups in total. The number of hydrogen-bond donors (Lipinski definition) is 0. The molecule has 4 aromatic carbocycles. The second-order valence-electron chi connectivity index (χ2n) is 14.0. The molecule has 0 aliphatic rings. The van der Waals surface area contributed by atoms with E-state index in [0.717, 1.165) is 67.1 Å². The van der Waals surface area contributed by atoms with Crippen LogP contribution in [0, 0.1) is 12.1 Å². The van der Waals surface area contributed by atoms with E-state index in [9.17, 15) is 0 Å². The minimum atomic E-state index is -1.47. The fourth-order valence-electron chi connectivity index (χ4n) is 5.84. The van der Waals surface area contributed by atoms with Crippen LogP contribution < -0.4 is 5.19 Å². The molecule has 7 heteroatoms. The smallest absolute Gasteiger partial charge is 0.168 e. The van der Waals surface area contributed by atoms with Crippen LogP contribution in [0.25, 0.3) is 61.4 Å². The van der Waals surface area contributed by atoms with Crippen LogP contribution in [0.1, 0.15) is 26.5 Å². The van der Waals surface area contributed by atoms with Crippen molar-refractivity contribution in [3.8, 4) is 28.3 Å². The van der Waals surface area contributed by atoms with Gasteiger partial charge >= 0.3 is 0 Å². The van der Waals surface area contributed by atoms with E-state index in [1.807, 2.05) is 66.7 Å². The normalized spacial score (nSPS) is 11.7. The molecule has 0 atom stereocenters. The summed E-state index contributed by atoms with van der Waals surface area (Å²) in [6.45, 7) is 13.6. The van der Waals surface area contributed by atoms with E-state index in [-0.39, 0.29) is 25.5 Å². The van der Waals surface area contributed by atoms with Crippen molar-refractivity contribution >= 4 is 46.4 Å². The number of fused-ring (bicyclic) bond motifs is 4. The second kappa shape index (κ2) is 13.7. The van der Waals surface area contributed by atoms with E-state index < -0.39 is 8.07 Å². The summed E-state index contributed by atoms with van der Waals surface area (Å²) in [6.07, 6.45) is 1.79. The molecule has 0 unspecified atom stereocenters. The average molecular weight is 835 g/mol. The standard InChI is InChI=1S/C31H30N3OSi.C11H8N.Ir/c1-31(2,3)27-18-17-25-29(32-27)33-30(34(25)20-11-8-7-9-12-20)24-14-10-13-23-22-16-15-21(36(4,5)6)19-26(22)35-28(23)24;1-2-6-10(7-3-1)11-8-4-5-9-12-11;/h7-13,15-19H,1-6H3;1-6,8-9H;/q2*-1;. The molecule has 0 amide bonds. The SMILES string of the molecule is CC(C)(C)c1ccc2c(n1)nc(-c1[c-]ccc3c1oc1cc([Si](C)(C)C)ccc13)n2-c1ccccc1.[Ir].[c-]1ccccc1-c1ccccn1. The van der Waals surface area contributed by atoms with Crippen molar-refractivity contribution in [1.29, 1.82) is 0 Å². The van der Waals surface area contributed by atoms with E-state index >= 15 is 0 Å². The summed E-state index contributed by atoms with van der Waals surface area (Å²) in [5.41, 5.74) is 8.25. The summed E-state index contributed by atoms with van der Waals surface area (Å²) in [5, 5.41) is 3.59. The Morgan fingerprint density at radius 2 is 1.51 bits per heavy atom. The molecule has 247 valence electrons. The molecule has 1 radical (unpaired) electrons. The molecule has 8 rings (SSSR count). The Balaban J connectivity index is 0.000000270. The van der Waals surface area contributed by atoms with E-state index in [2.05, 4.69) is 111 Å². The van der Waals surface area contributed by atoms with Crippen molar-refractivity contribution in [2.45, 2.75) is 45.8 Å². The molecule has 0 spiro atoms. The van der Waals surface area contributed by atoms with Crippen LogP contribution in [0.15, 0.2) is 126 Å². The number of nitrogens with zero attached hydrogens (tertiary/aromatic N) is 4. The van der Waals surface area contributed by atoms with Crippen LogP contribution in [-0.2, 0) is 25.5 Å². The zero-order valence-electron chi connectivity index (χ0n) is 28.6. The third kappa shape index (κ3) is 6.93. The summed E-state index contributed by atoms with van der Waals surface area (Å²) in [5.74, 6) is 0.782. The van der Waals surface area contributed by atoms with E-state index in [0.29, 0.717) is 0 Å². The first-order chi connectivity index (χ1) is 23.1. The van der Waals surface area contributed by atoms with Gasteiger partial charge in [0.05, 0.1) is 25.0 Å². The first-order valence-electron chi connectivity index (χ1n) is 16.3. The van der Waals surface area contributed by atoms with Crippen LogP contribution in [0.3, 0.4) is 0 Å². The molecule has 0 saturated heterocycles. The van der Waals surface area contributed by atoms with Gasteiger partial charge < -0.3 is 14.0 Å². The van der Waals surface area contributed by atoms with Crippen molar-refractivity contribution in [3.05, 3.63) is 139 Å². The molecule has 0 aliphatic carbocycles. The molecule has 49 heavy (non-hydrogen) atoms. The average Bonchev–Trinajstić information content (AvgIpc) is 3.67. The van der Waals surface area contributed by atoms with Gasteiger partial charge in [-0.3, -0.25) is 4.98 Å². The van der Waals surface area contributed by atoms with Crippen LogP contribution in [-0.4, -0.2) is 27.6 Å². The number of hydrogen-bond acceptors (Lipinski definition) is 4. The summed E-state index contributed by atoms with van der Waals surface area (Å²) < 4.78 is 8.72. The van der Waals surface area contributed by atoms with E-state index in [1.165, 1.54) is 5.19 Å². The minimum Gasteiger partial charge on any atom is -0.501 e. The van der Waals surface area contributed by atoms with Gasteiger partial charge in [-0.05, 0) is 42.1 Å². The Bertz CT molecular complexity index is 2320. The molecule has 0 fully saturated rings. The number of aromatic nitrogens is 4. The molecule has 4 aromatic heterocycles. The number of pyridine rings is 2. The predicted octanol–water partition coefficient (Wildman–Crippen LogP) is 10.2. The maximum Gasteiger partial charge on any atom is 0.168 e. The summed E-state index contributed by atoms with van der Waals surface area (Å²) in [6, 6.07) is 45.6. The quantitative estimate of drug-likeness (QED) is 0.131. The largest absolute Gasteiger partial charge is 0.501 e. The first-order valence-corrected chi connectivity index (χ1v) is 19.8. The second-order valence-corrected chi connectivity index (χ2v) is 19.1. The summed E-state index contributed by atoms with van der Waals surface area (Å²) >= 11 is 0. The number of imidazole rings is 1. The molecule has 5 nitrogen and oxygen atoms in total. The van der Waals surface area contributed by atoms with Crippen molar-refractivity contribution in [2.24, 2.45) is 0 Å². The van der Waals surface area contributed by atoms with Crippen molar-refractivity contribution in [3.63, 3.8) is 0 Å². The Morgan fingerprint density at radius 3 is 2.20 bits per heavy atom. The van der Waals surface area contributed by atoms with Gasteiger partial charge in [0.25, 0.3) is 0 Å². The molecular weight excluding hydrogens is 797 g/mol. The summed E-state index contributed by atoms with van der Waals surface area (Å²) in [4.78, 5) is 14.3. The van der Waals surface area contributed by atoms with Gasteiger partial charge in [-0.2, -0.15) is 0 Å². The molecule has 0 bridgehead atoms. The Morgan fingerprint density at radius 1 is 0.735 bits per heavy atom. The molecule has 0 saturated carbocycles. The summed E-state index contributed by atoms with van der Waals surface area (Å²) in [7, 11) is -1.47. The van der Waals surface area contributed by atoms with Gasteiger partial charge in [-0.15, -0.1) is 54.1 Å². The van der Waals surface area contributed by atoms with Crippen LogP contribution >= 0.6 is 0 Å². The number of para-hydroxylation sites is 1. The van der Waals surface area contributed by atoms with Crippen molar-refractivity contribution in [1.82, 2.24) is 19.5 Å². The molecular formula is C42H38IrN4OSi-2. The first kappa shape index (κ1) is 34.2. The van der Waals surface area contributed by atoms with Crippen LogP contribution in [0.4, 0.5) is 0 Å². The van der Waals surface area contributed by atoms with Gasteiger partial charge in [-0.25, -0.2) is 4.98 Å². The topological polar surface area (TPSA) is 56.7 Å². The third-order valence-corrected chi connectivity index (χ3v) is 10.5. The van der Waals surface area contributed by atoms with Gasteiger partial charge in [-0.1, -0.05) is 99.0 Å². The number of furan rings is 1. The van der Waals surface area contributed by atoms with E-state index in [1.54, 1.807) is 6.20 Å². The molecule has 0 aliphatic heterocycles. The Kier molecular flexibility index (Phi) is 9.54. The molecule has 8 aromatic rings. The van der Waals surface area contributed by atoms with Gasteiger partial charge in [0.2, 0.25) is 0 Å². The fourth-order valence-corrected chi connectivity index (χ4v) is 6.98. The Hall–Kier alpha value is -4.68. The third-order valence-electron chi connectivity index (χ3n) is 8.47. The van der Waals surface area contributed by atoms with Crippen molar-refractivity contribution < 1.29 is 24.5 Å². The number of rotatable bonds is 4. The predicted molar refractivity (Wildman–Crippen MR) is 201 cm³/mol. The van der Waals surface area contributed by atoms with Gasteiger partial charge in [0, 0.05) is 48.5 Å². The zero-order valence-corrected chi connectivity index (χ0v) is 32.0.